The Balaban J connectivity index is 1.55. The van der Waals surface area contributed by atoms with Crippen LogP contribution in [0.1, 0.15) is 12.0 Å². The molecular weight excluding hydrogens is 368 g/mol. The summed E-state index contributed by atoms with van der Waals surface area (Å²) in [6, 6.07) is 5.19. The van der Waals surface area contributed by atoms with Gasteiger partial charge in [0.2, 0.25) is 5.91 Å². The number of benzene rings is 1. The third kappa shape index (κ3) is 4.43. The Bertz CT molecular complexity index is 796. The average Bonchev–Trinajstić information content (AvgIpc) is 2.84. The standard InChI is InChI=1S/C16H19ClN2O5S/c17-13-1-2-14-12(7-13)8-19(15(20)9-24-14)5-4-18-16(21)11-3-6-25(22,23)10-11/h1-2,7,11H,3-6,8-10H2,(H,18,21)/t11-/m0/s1. The average molecular weight is 387 g/mol. The van der Waals surface area contributed by atoms with E-state index in [1.165, 1.54) is 0 Å². The smallest absolute Gasteiger partial charge is 0.260 e. The van der Waals surface area contributed by atoms with Crippen molar-refractivity contribution in [3.63, 3.8) is 0 Å². The highest BCUT2D eigenvalue weighted by Gasteiger charge is 2.32. The number of halogens is 1. The summed E-state index contributed by atoms with van der Waals surface area (Å²) in [6.45, 7) is 0.863. The maximum absolute atomic E-state index is 12.2. The fourth-order valence-corrected chi connectivity index (χ4v) is 4.94. The van der Waals surface area contributed by atoms with Gasteiger partial charge in [0.25, 0.3) is 5.91 Å². The molecule has 2 heterocycles. The molecule has 0 unspecified atom stereocenters. The Morgan fingerprint density at radius 3 is 2.92 bits per heavy atom. The molecule has 1 aromatic rings. The summed E-state index contributed by atoms with van der Waals surface area (Å²) < 4.78 is 28.3. The number of rotatable bonds is 4. The molecule has 1 atom stereocenters. The second kappa shape index (κ2) is 7.21. The first-order valence-electron chi connectivity index (χ1n) is 8.01. The van der Waals surface area contributed by atoms with E-state index >= 15 is 0 Å². The van der Waals surface area contributed by atoms with Gasteiger partial charge in [0.15, 0.2) is 16.4 Å². The van der Waals surface area contributed by atoms with Crippen molar-refractivity contribution in [3.05, 3.63) is 28.8 Å². The minimum Gasteiger partial charge on any atom is -0.483 e. The van der Waals surface area contributed by atoms with E-state index in [0.29, 0.717) is 30.3 Å². The molecule has 1 saturated heterocycles. The van der Waals surface area contributed by atoms with Gasteiger partial charge in [-0.15, -0.1) is 0 Å². The first kappa shape index (κ1) is 18.0. The molecule has 25 heavy (non-hydrogen) atoms. The first-order valence-corrected chi connectivity index (χ1v) is 10.2. The number of fused-ring (bicyclic) bond motifs is 1. The summed E-state index contributed by atoms with van der Waals surface area (Å²) in [7, 11) is -3.09. The minimum absolute atomic E-state index is 0.0601. The predicted molar refractivity (Wildman–Crippen MR) is 92.1 cm³/mol. The van der Waals surface area contributed by atoms with Crippen LogP contribution in [0.2, 0.25) is 5.02 Å². The Kier molecular flexibility index (Phi) is 5.19. The van der Waals surface area contributed by atoms with Gasteiger partial charge in [-0.05, 0) is 24.6 Å². The molecule has 2 amide bonds. The molecule has 0 bridgehead atoms. The van der Waals surface area contributed by atoms with Crippen LogP contribution in [-0.4, -0.2) is 56.3 Å². The van der Waals surface area contributed by atoms with E-state index < -0.39 is 15.8 Å². The van der Waals surface area contributed by atoms with Crippen LogP contribution in [0.4, 0.5) is 0 Å². The Labute approximate surface area is 151 Å². The molecule has 2 aliphatic heterocycles. The lowest BCUT2D eigenvalue weighted by Gasteiger charge is -2.20. The van der Waals surface area contributed by atoms with Gasteiger partial charge >= 0.3 is 0 Å². The quantitative estimate of drug-likeness (QED) is 0.818. The summed E-state index contributed by atoms with van der Waals surface area (Å²) in [4.78, 5) is 25.8. The highest BCUT2D eigenvalue weighted by molar-refractivity contribution is 7.91. The monoisotopic (exact) mass is 386 g/mol. The van der Waals surface area contributed by atoms with Crippen molar-refractivity contribution < 1.29 is 22.7 Å². The third-order valence-electron chi connectivity index (χ3n) is 4.37. The highest BCUT2D eigenvalue weighted by atomic mass is 35.5. The van der Waals surface area contributed by atoms with Gasteiger partial charge in [0.1, 0.15) is 5.75 Å². The zero-order valence-electron chi connectivity index (χ0n) is 13.5. The molecule has 1 N–H and O–H groups in total. The maximum atomic E-state index is 12.2. The Morgan fingerprint density at radius 1 is 1.40 bits per heavy atom. The van der Waals surface area contributed by atoms with Crippen molar-refractivity contribution in [3.8, 4) is 5.75 Å². The number of hydrogen-bond acceptors (Lipinski definition) is 5. The van der Waals surface area contributed by atoms with Crippen LogP contribution in [0.3, 0.4) is 0 Å². The van der Waals surface area contributed by atoms with Gasteiger partial charge < -0.3 is 15.0 Å². The number of nitrogens with zero attached hydrogens (tertiary/aromatic N) is 1. The molecule has 7 nitrogen and oxygen atoms in total. The molecule has 1 fully saturated rings. The second-order valence-corrected chi connectivity index (χ2v) is 8.91. The number of amides is 2. The van der Waals surface area contributed by atoms with Crippen LogP contribution in [-0.2, 0) is 26.0 Å². The van der Waals surface area contributed by atoms with E-state index in [4.69, 9.17) is 16.3 Å². The van der Waals surface area contributed by atoms with E-state index in [-0.39, 0.29) is 36.5 Å². The highest BCUT2D eigenvalue weighted by Crippen LogP contribution is 2.26. The summed E-state index contributed by atoms with van der Waals surface area (Å²) in [5.74, 6) is -0.354. The van der Waals surface area contributed by atoms with Crippen molar-refractivity contribution in [2.24, 2.45) is 5.92 Å². The topological polar surface area (TPSA) is 92.8 Å². The molecule has 0 aromatic heterocycles. The van der Waals surface area contributed by atoms with E-state index in [9.17, 15) is 18.0 Å². The summed E-state index contributed by atoms with van der Waals surface area (Å²) >= 11 is 5.99. The van der Waals surface area contributed by atoms with E-state index in [1.807, 2.05) is 0 Å². The first-order chi connectivity index (χ1) is 11.8. The molecule has 0 spiro atoms. The number of sulfone groups is 1. The van der Waals surface area contributed by atoms with E-state index in [2.05, 4.69) is 5.32 Å². The molecule has 9 heteroatoms. The predicted octanol–water partition coefficient (Wildman–Crippen LogP) is 0.612. The number of nitrogens with one attached hydrogen (secondary N) is 1. The molecule has 3 rings (SSSR count). The zero-order chi connectivity index (χ0) is 18.0. The summed E-state index contributed by atoms with van der Waals surface area (Å²) in [5, 5.41) is 3.28. The molecule has 136 valence electrons. The van der Waals surface area contributed by atoms with Crippen LogP contribution in [0.25, 0.3) is 0 Å². The van der Waals surface area contributed by atoms with Crippen LogP contribution in [0.15, 0.2) is 18.2 Å². The van der Waals surface area contributed by atoms with Crippen LogP contribution >= 0.6 is 11.6 Å². The van der Waals surface area contributed by atoms with Gasteiger partial charge in [-0.2, -0.15) is 0 Å². The van der Waals surface area contributed by atoms with E-state index in [1.54, 1.807) is 23.1 Å². The van der Waals surface area contributed by atoms with Crippen molar-refractivity contribution in [1.29, 1.82) is 0 Å². The normalized spacial score (nSPS) is 22.0. The van der Waals surface area contributed by atoms with Crippen molar-refractivity contribution in [1.82, 2.24) is 10.2 Å². The number of hydrogen-bond donors (Lipinski definition) is 1. The van der Waals surface area contributed by atoms with Gasteiger partial charge in [0, 0.05) is 30.2 Å². The lowest BCUT2D eigenvalue weighted by Crippen LogP contribution is -2.41. The largest absolute Gasteiger partial charge is 0.483 e. The van der Waals surface area contributed by atoms with Gasteiger partial charge in [-0.1, -0.05) is 11.6 Å². The summed E-state index contributed by atoms with van der Waals surface area (Å²) in [6.07, 6.45) is 0.358. The van der Waals surface area contributed by atoms with Crippen molar-refractivity contribution >= 4 is 33.3 Å². The van der Waals surface area contributed by atoms with Gasteiger partial charge in [-0.3, -0.25) is 9.59 Å². The van der Waals surface area contributed by atoms with E-state index in [0.717, 1.165) is 5.56 Å². The molecule has 0 aliphatic carbocycles. The second-order valence-electron chi connectivity index (χ2n) is 6.25. The van der Waals surface area contributed by atoms with Crippen molar-refractivity contribution in [2.45, 2.75) is 13.0 Å². The fraction of sp³-hybridized carbons (Fsp3) is 0.500. The minimum atomic E-state index is -3.09. The number of ether oxygens (including phenoxy) is 1. The Morgan fingerprint density at radius 2 is 2.20 bits per heavy atom. The summed E-state index contributed by atoms with van der Waals surface area (Å²) in [5.41, 5.74) is 0.812. The molecule has 0 radical (unpaired) electrons. The molecule has 0 saturated carbocycles. The van der Waals surface area contributed by atoms with Gasteiger partial charge in [0.05, 0.1) is 17.4 Å². The zero-order valence-corrected chi connectivity index (χ0v) is 15.1. The van der Waals surface area contributed by atoms with Crippen LogP contribution in [0, 0.1) is 5.92 Å². The van der Waals surface area contributed by atoms with Crippen molar-refractivity contribution in [2.75, 3.05) is 31.2 Å². The third-order valence-corrected chi connectivity index (χ3v) is 6.37. The molecule has 2 aliphatic rings. The number of carbonyl (C=O) groups is 2. The van der Waals surface area contributed by atoms with Gasteiger partial charge in [-0.25, -0.2) is 8.42 Å². The number of carbonyl (C=O) groups excluding carboxylic acids is 2. The maximum Gasteiger partial charge on any atom is 0.260 e. The fourth-order valence-electron chi connectivity index (χ4n) is 3.00. The molecular formula is C16H19ClN2O5S. The molecule has 1 aromatic carbocycles. The lowest BCUT2D eigenvalue weighted by atomic mass is 10.1. The van der Waals surface area contributed by atoms with Crippen LogP contribution in [0.5, 0.6) is 5.75 Å². The lowest BCUT2D eigenvalue weighted by molar-refractivity contribution is -0.133. The SMILES string of the molecule is O=C(NCCN1Cc2cc(Cl)ccc2OCC1=O)[C@H]1CCS(=O)(=O)C1. The van der Waals surface area contributed by atoms with Crippen LogP contribution < -0.4 is 10.1 Å². The Hall–Kier alpha value is -1.80.